The van der Waals surface area contributed by atoms with Gasteiger partial charge in [0, 0.05) is 22.0 Å². The minimum Gasteiger partial charge on any atom is -0.372 e. The third-order valence-corrected chi connectivity index (χ3v) is 5.60. The van der Waals surface area contributed by atoms with Crippen molar-refractivity contribution < 1.29 is 9.50 Å². The normalized spacial score (nSPS) is 13.0. The molecule has 148 valence electrons. The number of hydrogen-bond donors (Lipinski definition) is 3. The molecule has 10 heteroatoms. The summed E-state index contributed by atoms with van der Waals surface area (Å²) in [7, 11) is 0. The fraction of sp³-hybridized carbons (Fsp3) is 0.278. The third-order valence-electron chi connectivity index (χ3n) is 3.83. The molecule has 0 aliphatic heterocycles. The lowest BCUT2D eigenvalue weighted by Crippen LogP contribution is -2.43. The molecule has 1 aromatic carbocycles. The van der Waals surface area contributed by atoms with Gasteiger partial charge in [-0.1, -0.05) is 35.0 Å². The predicted molar refractivity (Wildman–Crippen MR) is 110 cm³/mol. The molecule has 1 atom stereocenters. The fourth-order valence-electron chi connectivity index (χ4n) is 2.62. The van der Waals surface area contributed by atoms with Gasteiger partial charge in [0.1, 0.15) is 22.4 Å². The first-order valence-electron chi connectivity index (χ1n) is 8.30. The Morgan fingerprint density at radius 2 is 2.07 bits per heavy atom. The van der Waals surface area contributed by atoms with Gasteiger partial charge in [0.25, 0.3) is 0 Å². The van der Waals surface area contributed by atoms with Crippen LogP contribution in [0.3, 0.4) is 0 Å². The topological polar surface area (TPSA) is 86.3 Å². The van der Waals surface area contributed by atoms with Crippen molar-refractivity contribution in [2.24, 2.45) is 0 Å². The summed E-state index contributed by atoms with van der Waals surface area (Å²) >= 11 is 13.7. The number of amidine groups is 1. The van der Waals surface area contributed by atoms with Crippen LogP contribution in [0, 0.1) is 11.2 Å². The number of nitrogens with zero attached hydrogens (tertiary/aromatic N) is 3. The lowest BCUT2D eigenvalue weighted by molar-refractivity contribution is 0.0649. The fourth-order valence-corrected chi connectivity index (χ4v) is 4.45. The Labute approximate surface area is 175 Å². The average molecular weight is 442 g/mol. The van der Waals surface area contributed by atoms with Gasteiger partial charge in [0.05, 0.1) is 16.8 Å². The van der Waals surface area contributed by atoms with E-state index in [0.29, 0.717) is 26.8 Å². The quantitative estimate of drug-likeness (QED) is 0.134. The molecule has 2 aromatic heterocycles. The van der Waals surface area contributed by atoms with Crippen LogP contribution in [0.2, 0.25) is 10.0 Å². The number of nitrogens with one attached hydrogen (secondary N) is 2. The molecule has 0 spiro atoms. The molecule has 3 rings (SSSR count). The van der Waals surface area contributed by atoms with Crippen molar-refractivity contribution in [2.75, 3.05) is 0 Å². The molecule has 0 saturated carbocycles. The zero-order valence-electron chi connectivity index (χ0n) is 15.3. The van der Waals surface area contributed by atoms with Gasteiger partial charge < -0.3 is 10.4 Å². The maximum atomic E-state index is 13.8. The van der Waals surface area contributed by atoms with Crippen molar-refractivity contribution in [3.05, 3.63) is 57.6 Å². The number of rotatable bonds is 5. The highest BCUT2D eigenvalue weighted by molar-refractivity contribution is 7.99. The van der Waals surface area contributed by atoms with E-state index in [4.69, 9.17) is 28.6 Å². The summed E-state index contributed by atoms with van der Waals surface area (Å²) in [5, 5.41) is 25.7. The van der Waals surface area contributed by atoms with Gasteiger partial charge in [-0.05, 0) is 39.0 Å². The van der Waals surface area contributed by atoms with Gasteiger partial charge in [-0.2, -0.15) is 5.10 Å². The van der Waals surface area contributed by atoms with Crippen LogP contribution in [0.25, 0.3) is 5.65 Å². The summed E-state index contributed by atoms with van der Waals surface area (Å²) in [4.78, 5) is 4.55. The van der Waals surface area contributed by atoms with E-state index in [-0.39, 0.29) is 16.1 Å². The van der Waals surface area contributed by atoms with E-state index >= 15 is 0 Å². The predicted octanol–water partition coefficient (Wildman–Crippen LogP) is 4.67. The van der Waals surface area contributed by atoms with Crippen molar-refractivity contribution in [1.29, 1.82) is 5.41 Å². The number of thioether (sulfide) groups is 1. The number of fused-ring (bicyclic) bond motifs is 1. The highest BCUT2D eigenvalue weighted by Crippen LogP contribution is 2.41. The molecule has 6 nitrogen and oxygen atoms in total. The van der Waals surface area contributed by atoms with Gasteiger partial charge in [-0.15, -0.1) is 0 Å². The molecule has 0 saturated heterocycles. The standard InChI is InChI=1S/C18H18Cl2FN5OS/c1-9(14-11(19)4-5-12(21)15(14)20)28-13-6-7-26-17(24-13)10(8-23-26)16(22)25-18(2,3)27/h4-9,27H,1-3H3,(H2,22,25)/t9-/m1/s1. The summed E-state index contributed by atoms with van der Waals surface area (Å²) in [6.07, 6.45) is 3.22. The summed E-state index contributed by atoms with van der Waals surface area (Å²) < 4.78 is 15.4. The summed E-state index contributed by atoms with van der Waals surface area (Å²) in [5.41, 5.74) is 0.145. The molecule has 0 bridgehead atoms. The van der Waals surface area contributed by atoms with Crippen LogP contribution in [0.1, 0.15) is 37.1 Å². The van der Waals surface area contributed by atoms with Crippen molar-refractivity contribution in [3.63, 3.8) is 0 Å². The maximum absolute atomic E-state index is 13.8. The Bertz CT molecular complexity index is 1050. The van der Waals surface area contributed by atoms with E-state index in [1.165, 1.54) is 48.5 Å². The summed E-state index contributed by atoms with van der Waals surface area (Å²) in [5.74, 6) is -0.525. The molecule has 3 N–H and O–H groups in total. The van der Waals surface area contributed by atoms with Crippen LogP contribution < -0.4 is 5.32 Å². The van der Waals surface area contributed by atoms with Crippen LogP contribution in [0.4, 0.5) is 4.39 Å². The van der Waals surface area contributed by atoms with Crippen LogP contribution >= 0.6 is 35.0 Å². The molecule has 2 heterocycles. The van der Waals surface area contributed by atoms with E-state index in [1.54, 1.807) is 12.3 Å². The van der Waals surface area contributed by atoms with Crippen molar-refractivity contribution >= 4 is 46.4 Å². The molecular formula is C18H18Cl2FN5OS. The van der Waals surface area contributed by atoms with Gasteiger partial charge in [-0.25, -0.2) is 13.9 Å². The number of aliphatic hydroxyl groups is 1. The minimum absolute atomic E-state index is 0.00131. The van der Waals surface area contributed by atoms with Gasteiger partial charge in [-0.3, -0.25) is 5.41 Å². The Kier molecular flexibility index (Phi) is 5.86. The molecule has 0 unspecified atom stereocenters. The van der Waals surface area contributed by atoms with Crippen LogP contribution in [-0.4, -0.2) is 31.3 Å². The molecule has 3 aromatic rings. The van der Waals surface area contributed by atoms with Crippen molar-refractivity contribution in [1.82, 2.24) is 19.9 Å². The molecule has 0 fully saturated rings. The molecule has 0 aliphatic rings. The second-order valence-corrected chi connectivity index (χ2v) is 8.81. The van der Waals surface area contributed by atoms with Gasteiger partial charge in [0.2, 0.25) is 0 Å². The Morgan fingerprint density at radius 3 is 2.75 bits per heavy atom. The molecule has 0 aliphatic carbocycles. The summed E-state index contributed by atoms with van der Waals surface area (Å²) in [6, 6.07) is 4.47. The molecule has 0 amide bonds. The zero-order valence-corrected chi connectivity index (χ0v) is 17.6. The Hall–Kier alpha value is -1.87. The first kappa shape index (κ1) is 20.9. The second-order valence-electron chi connectivity index (χ2n) is 6.67. The largest absolute Gasteiger partial charge is 0.372 e. The van der Waals surface area contributed by atoms with E-state index in [1.807, 2.05) is 6.92 Å². The van der Waals surface area contributed by atoms with Crippen molar-refractivity contribution in [2.45, 2.75) is 36.8 Å². The Morgan fingerprint density at radius 1 is 1.36 bits per heavy atom. The highest BCUT2D eigenvalue weighted by Gasteiger charge is 2.21. The highest BCUT2D eigenvalue weighted by atomic mass is 35.5. The van der Waals surface area contributed by atoms with Crippen molar-refractivity contribution in [3.8, 4) is 0 Å². The smallest absolute Gasteiger partial charge is 0.167 e. The first-order chi connectivity index (χ1) is 13.1. The Balaban J connectivity index is 1.92. The van der Waals surface area contributed by atoms with E-state index < -0.39 is 11.5 Å². The average Bonchev–Trinajstić information content (AvgIpc) is 3.00. The summed E-state index contributed by atoms with van der Waals surface area (Å²) in [6.45, 7) is 4.93. The SMILES string of the molecule is C[C@@H](Sc1ccn2ncc(C(=N)NC(C)(C)O)c2n1)c1c(Cl)ccc(F)c1Cl. The number of aromatic nitrogens is 3. The van der Waals surface area contributed by atoms with Gasteiger partial charge >= 0.3 is 0 Å². The minimum atomic E-state index is -1.25. The third kappa shape index (κ3) is 4.41. The molecule has 28 heavy (non-hydrogen) atoms. The van der Waals surface area contributed by atoms with Gasteiger partial charge in [0.15, 0.2) is 5.65 Å². The van der Waals surface area contributed by atoms with Crippen LogP contribution in [0.5, 0.6) is 0 Å². The number of hydrogen-bond acceptors (Lipinski definition) is 5. The van der Waals surface area contributed by atoms with Crippen LogP contribution in [-0.2, 0) is 0 Å². The lowest BCUT2D eigenvalue weighted by atomic mass is 10.1. The molecule has 0 radical (unpaired) electrons. The zero-order chi connectivity index (χ0) is 20.6. The van der Waals surface area contributed by atoms with E-state index in [0.717, 1.165) is 0 Å². The van der Waals surface area contributed by atoms with Crippen LogP contribution in [0.15, 0.2) is 35.6 Å². The molecular weight excluding hydrogens is 424 g/mol. The number of halogens is 3. The monoisotopic (exact) mass is 441 g/mol. The second kappa shape index (κ2) is 7.87. The number of benzene rings is 1. The lowest BCUT2D eigenvalue weighted by Gasteiger charge is -2.20. The van der Waals surface area contributed by atoms with E-state index in [2.05, 4.69) is 15.4 Å². The first-order valence-corrected chi connectivity index (χ1v) is 9.94. The maximum Gasteiger partial charge on any atom is 0.167 e. The van der Waals surface area contributed by atoms with E-state index in [9.17, 15) is 9.50 Å².